The third-order valence-corrected chi connectivity index (χ3v) is 2.62. The highest BCUT2D eigenvalue weighted by molar-refractivity contribution is 5.88. The summed E-state index contributed by atoms with van der Waals surface area (Å²) in [5.41, 5.74) is -0.513. The van der Waals surface area contributed by atoms with Crippen LogP contribution in [-0.2, 0) is 9.53 Å². The van der Waals surface area contributed by atoms with E-state index in [4.69, 9.17) is 4.74 Å². The smallest absolute Gasteiger partial charge is 0.410 e. The molecule has 0 aliphatic carbocycles. The number of carbonyl (C=O) groups excluding carboxylic acids is 2. The molecule has 2 unspecified atom stereocenters. The molecular formula is C12H21NO3. The maximum absolute atomic E-state index is 11.9. The molecule has 1 fully saturated rings. The Bertz CT molecular complexity index is 293. The number of hydrogen-bond acceptors (Lipinski definition) is 3. The Morgan fingerprint density at radius 1 is 1.38 bits per heavy atom. The molecule has 4 heteroatoms. The molecule has 16 heavy (non-hydrogen) atoms. The second-order valence-corrected chi connectivity index (χ2v) is 5.58. The summed E-state index contributed by atoms with van der Waals surface area (Å²) in [6, 6.07) is -0.356. The highest BCUT2D eigenvalue weighted by Crippen LogP contribution is 2.21. The van der Waals surface area contributed by atoms with Crippen LogP contribution in [0.3, 0.4) is 0 Å². The first-order valence-corrected chi connectivity index (χ1v) is 5.73. The van der Waals surface area contributed by atoms with Crippen molar-refractivity contribution in [3.05, 3.63) is 0 Å². The van der Waals surface area contributed by atoms with Gasteiger partial charge in [-0.05, 0) is 33.6 Å². The van der Waals surface area contributed by atoms with Crippen LogP contribution in [0.15, 0.2) is 0 Å². The molecule has 0 saturated carbocycles. The van der Waals surface area contributed by atoms with Crippen molar-refractivity contribution in [3.63, 3.8) is 0 Å². The van der Waals surface area contributed by atoms with E-state index in [1.807, 2.05) is 27.7 Å². The van der Waals surface area contributed by atoms with Gasteiger partial charge in [0.25, 0.3) is 0 Å². The van der Waals surface area contributed by atoms with Crippen LogP contribution in [0.5, 0.6) is 0 Å². The van der Waals surface area contributed by atoms with Crippen LogP contribution in [0.25, 0.3) is 0 Å². The molecule has 1 rings (SSSR count). The molecule has 2 atom stereocenters. The van der Waals surface area contributed by atoms with E-state index in [9.17, 15) is 9.59 Å². The standard InChI is InChI=1S/C12H21NO3/c1-8-6-10(14)9(2)13(7-8)11(15)16-12(3,4)5/h8-9H,6-7H2,1-5H3. The molecule has 0 aromatic carbocycles. The Labute approximate surface area is 96.9 Å². The van der Waals surface area contributed by atoms with Gasteiger partial charge in [-0.3, -0.25) is 9.69 Å². The van der Waals surface area contributed by atoms with Crippen LogP contribution < -0.4 is 0 Å². The van der Waals surface area contributed by atoms with Crippen LogP contribution in [-0.4, -0.2) is 35.0 Å². The average molecular weight is 227 g/mol. The summed E-state index contributed by atoms with van der Waals surface area (Å²) >= 11 is 0. The molecule has 0 radical (unpaired) electrons. The Kier molecular flexibility index (Phi) is 3.61. The molecule has 0 N–H and O–H groups in total. The van der Waals surface area contributed by atoms with Crippen LogP contribution in [0.4, 0.5) is 4.79 Å². The zero-order valence-corrected chi connectivity index (χ0v) is 10.7. The fraction of sp³-hybridized carbons (Fsp3) is 0.833. The summed E-state index contributed by atoms with van der Waals surface area (Å²) in [6.45, 7) is 9.81. The van der Waals surface area contributed by atoms with Crippen LogP contribution in [0.1, 0.15) is 41.0 Å². The van der Waals surface area contributed by atoms with Crippen LogP contribution in [0, 0.1) is 5.92 Å². The molecule has 0 aromatic heterocycles. The molecule has 92 valence electrons. The molecule has 0 aromatic rings. The summed E-state index contributed by atoms with van der Waals surface area (Å²) in [5.74, 6) is 0.334. The first-order chi connectivity index (χ1) is 7.20. The molecule has 1 heterocycles. The zero-order chi connectivity index (χ0) is 12.5. The van der Waals surface area contributed by atoms with Gasteiger partial charge in [0, 0.05) is 13.0 Å². The van der Waals surface area contributed by atoms with Gasteiger partial charge in [-0.1, -0.05) is 6.92 Å². The summed E-state index contributed by atoms with van der Waals surface area (Å²) < 4.78 is 5.28. The van der Waals surface area contributed by atoms with Gasteiger partial charge >= 0.3 is 6.09 Å². The third kappa shape index (κ3) is 3.22. The lowest BCUT2D eigenvalue weighted by molar-refractivity contribution is -0.127. The largest absolute Gasteiger partial charge is 0.444 e. The second-order valence-electron chi connectivity index (χ2n) is 5.58. The van der Waals surface area contributed by atoms with Crippen molar-refractivity contribution < 1.29 is 14.3 Å². The van der Waals surface area contributed by atoms with Crippen LogP contribution in [0.2, 0.25) is 0 Å². The van der Waals surface area contributed by atoms with Crippen LogP contribution >= 0.6 is 0 Å². The lowest BCUT2D eigenvalue weighted by Gasteiger charge is -2.36. The van der Waals surface area contributed by atoms with Crippen molar-refractivity contribution in [2.45, 2.75) is 52.7 Å². The van der Waals surface area contributed by atoms with Gasteiger partial charge in [0.05, 0.1) is 6.04 Å². The molecule has 0 bridgehead atoms. The molecule has 4 nitrogen and oxygen atoms in total. The van der Waals surface area contributed by atoms with Crippen molar-refractivity contribution in [3.8, 4) is 0 Å². The maximum Gasteiger partial charge on any atom is 0.410 e. The Hall–Kier alpha value is -1.06. The van der Waals surface area contributed by atoms with Gasteiger partial charge in [0.15, 0.2) is 5.78 Å². The van der Waals surface area contributed by atoms with Gasteiger partial charge in [-0.15, -0.1) is 0 Å². The van der Waals surface area contributed by atoms with E-state index in [2.05, 4.69) is 0 Å². The molecule has 1 saturated heterocycles. The topological polar surface area (TPSA) is 46.6 Å². The Morgan fingerprint density at radius 3 is 2.44 bits per heavy atom. The molecule has 1 aliphatic rings. The number of ketones is 1. The molecular weight excluding hydrogens is 206 g/mol. The van der Waals surface area contributed by atoms with Crippen molar-refractivity contribution in [2.75, 3.05) is 6.54 Å². The maximum atomic E-state index is 11.9. The van der Waals surface area contributed by atoms with Crippen molar-refractivity contribution in [2.24, 2.45) is 5.92 Å². The Balaban J connectivity index is 2.71. The fourth-order valence-corrected chi connectivity index (χ4v) is 1.80. The minimum Gasteiger partial charge on any atom is -0.444 e. The minimum atomic E-state index is -0.513. The predicted octanol–water partition coefficient (Wildman–Crippen LogP) is 2.22. The second kappa shape index (κ2) is 4.44. The first-order valence-electron chi connectivity index (χ1n) is 5.73. The number of ether oxygens (including phenoxy) is 1. The molecule has 1 aliphatic heterocycles. The van der Waals surface area contributed by atoms with Gasteiger partial charge < -0.3 is 4.74 Å². The van der Waals surface area contributed by atoms with Gasteiger partial charge in [-0.25, -0.2) is 4.79 Å². The highest BCUT2D eigenvalue weighted by Gasteiger charge is 2.35. The lowest BCUT2D eigenvalue weighted by atomic mass is 9.94. The summed E-state index contributed by atoms with van der Waals surface area (Å²) in [7, 11) is 0. The number of Topliss-reactive ketones (excluding diaryl/α,β-unsaturated/α-hetero) is 1. The fourth-order valence-electron chi connectivity index (χ4n) is 1.80. The van der Waals surface area contributed by atoms with E-state index in [-0.39, 0.29) is 23.8 Å². The summed E-state index contributed by atoms with van der Waals surface area (Å²) in [6.07, 6.45) is 0.167. The van der Waals surface area contributed by atoms with Crippen molar-refractivity contribution >= 4 is 11.9 Å². The predicted molar refractivity (Wildman–Crippen MR) is 61.2 cm³/mol. The highest BCUT2D eigenvalue weighted by atomic mass is 16.6. The average Bonchev–Trinajstić information content (AvgIpc) is 2.08. The lowest BCUT2D eigenvalue weighted by Crippen LogP contribution is -2.51. The number of carbonyl (C=O) groups is 2. The van der Waals surface area contributed by atoms with E-state index >= 15 is 0 Å². The normalized spacial score (nSPS) is 26.8. The van der Waals surface area contributed by atoms with Gasteiger partial charge in [-0.2, -0.15) is 0 Å². The molecule has 0 spiro atoms. The Morgan fingerprint density at radius 2 is 1.94 bits per heavy atom. The summed E-state index contributed by atoms with van der Waals surface area (Å²) in [5, 5.41) is 0. The van der Waals surface area contributed by atoms with E-state index in [1.54, 1.807) is 6.92 Å². The van der Waals surface area contributed by atoms with E-state index in [0.717, 1.165) is 0 Å². The van der Waals surface area contributed by atoms with Gasteiger partial charge in [0.2, 0.25) is 0 Å². The minimum absolute atomic E-state index is 0.115. The number of nitrogens with zero attached hydrogens (tertiary/aromatic N) is 1. The number of hydrogen-bond donors (Lipinski definition) is 0. The summed E-state index contributed by atoms with van der Waals surface area (Å²) in [4.78, 5) is 25.0. The number of likely N-dealkylation sites (tertiary alicyclic amines) is 1. The monoisotopic (exact) mass is 227 g/mol. The van der Waals surface area contributed by atoms with E-state index in [0.29, 0.717) is 13.0 Å². The third-order valence-electron chi connectivity index (χ3n) is 2.62. The quantitative estimate of drug-likeness (QED) is 0.637. The van der Waals surface area contributed by atoms with Gasteiger partial charge in [0.1, 0.15) is 5.60 Å². The van der Waals surface area contributed by atoms with E-state index < -0.39 is 5.60 Å². The number of amides is 1. The van der Waals surface area contributed by atoms with E-state index in [1.165, 1.54) is 4.90 Å². The van der Waals surface area contributed by atoms with Crippen molar-refractivity contribution in [1.82, 2.24) is 4.90 Å². The number of piperidine rings is 1. The number of rotatable bonds is 0. The first kappa shape index (κ1) is 13.0. The molecule has 1 amide bonds. The zero-order valence-electron chi connectivity index (χ0n) is 10.7. The SMILES string of the molecule is CC1CC(=O)C(C)N(C(=O)OC(C)(C)C)C1. The van der Waals surface area contributed by atoms with Crippen molar-refractivity contribution in [1.29, 1.82) is 0 Å².